The molecule has 0 aliphatic rings. The van der Waals surface area contributed by atoms with Crippen molar-refractivity contribution >= 4 is 8.60 Å². The average Bonchev–Trinajstić information content (AvgIpc) is 2.67. The molecule has 0 fully saturated rings. The van der Waals surface area contributed by atoms with E-state index in [4.69, 9.17) is 14.3 Å². The predicted octanol–water partition coefficient (Wildman–Crippen LogP) is 8.82. The molecule has 0 radical (unpaired) electrons. The largest absolute Gasteiger partial charge is 0.328 e. The van der Waals surface area contributed by atoms with Crippen LogP contribution in [0.1, 0.15) is 149 Å². The molecule has 2 N–H and O–H groups in total. The monoisotopic (exact) mass is 418 g/mol. The Hall–Kier alpha value is 0.310. The molecular formula is C24H51O3P. The minimum absolute atomic E-state index is 0.0393. The summed E-state index contributed by atoms with van der Waals surface area (Å²) < 4.78 is 5.26. The standard InChI is InChI=1S/C24H51O3P/c1-3-5-7-8-9-10-11-12-13-14-15-16-17-18-19-20-21-23-24(22-6-4-2)27-28(25)26/h24-26H,3-23H2,1-2H3. The van der Waals surface area contributed by atoms with Gasteiger partial charge >= 0.3 is 8.60 Å². The maximum atomic E-state index is 9.06. The van der Waals surface area contributed by atoms with Gasteiger partial charge in [0.15, 0.2) is 0 Å². The van der Waals surface area contributed by atoms with Crippen LogP contribution in [-0.4, -0.2) is 15.9 Å². The molecule has 0 heterocycles. The lowest BCUT2D eigenvalue weighted by Gasteiger charge is -2.17. The summed E-state index contributed by atoms with van der Waals surface area (Å²) in [5.41, 5.74) is 0. The lowest BCUT2D eigenvalue weighted by Crippen LogP contribution is -2.10. The van der Waals surface area contributed by atoms with Crippen molar-refractivity contribution < 1.29 is 14.3 Å². The van der Waals surface area contributed by atoms with Crippen LogP contribution in [0.2, 0.25) is 0 Å². The van der Waals surface area contributed by atoms with Crippen LogP contribution in [-0.2, 0) is 4.52 Å². The number of unbranched alkanes of at least 4 members (excludes halogenated alkanes) is 17. The van der Waals surface area contributed by atoms with Gasteiger partial charge in [-0.05, 0) is 12.8 Å². The average molecular weight is 419 g/mol. The van der Waals surface area contributed by atoms with Crippen LogP contribution in [0.4, 0.5) is 0 Å². The highest BCUT2D eigenvalue weighted by Crippen LogP contribution is 2.31. The van der Waals surface area contributed by atoms with E-state index in [2.05, 4.69) is 13.8 Å². The van der Waals surface area contributed by atoms with E-state index in [0.29, 0.717) is 0 Å². The Bertz CT molecular complexity index is 287. The summed E-state index contributed by atoms with van der Waals surface area (Å²) in [5, 5.41) is 0. The minimum atomic E-state index is -2.20. The Labute approximate surface area is 178 Å². The number of hydrogen-bond donors (Lipinski definition) is 2. The molecule has 0 saturated carbocycles. The van der Waals surface area contributed by atoms with Gasteiger partial charge < -0.3 is 14.3 Å². The molecule has 0 aliphatic carbocycles. The second kappa shape index (κ2) is 23.6. The summed E-state index contributed by atoms with van der Waals surface area (Å²) in [4.78, 5) is 18.1. The zero-order valence-electron chi connectivity index (χ0n) is 19.2. The molecule has 3 nitrogen and oxygen atoms in total. The minimum Gasteiger partial charge on any atom is -0.328 e. The third-order valence-corrected chi connectivity index (χ3v) is 6.24. The van der Waals surface area contributed by atoms with Gasteiger partial charge in [-0.2, -0.15) is 0 Å². The second-order valence-corrected chi connectivity index (χ2v) is 9.28. The van der Waals surface area contributed by atoms with Gasteiger partial charge in [-0.3, -0.25) is 0 Å². The normalized spacial score (nSPS) is 12.8. The molecular weight excluding hydrogens is 367 g/mol. The van der Waals surface area contributed by atoms with E-state index in [1.54, 1.807) is 0 Å². The molecule has 0 aromatic heterocycles. The molecule has 0 aromatic carbocycles. The first kappa shape index (κ1) is 28.3. The molecule has 0 amide bonds. The molecule has 4 heteroatoms. The SMILES string of the molecule is CCCCCCCCCCCCCCCCCCCC(CCCC)OP(O)O. The van der Waals surface area contributed by atoms with Crippen LogP contribution in [0.3, 0.4) is 0 Å². The summed E-state index contributed by atoms with van der Waals surface area (Å²) >= 11 is 0. The van der Waals surface area contributed by atoms with Gasteiger partial charge in [0.2, 0.25) is 0 Å². The van der Waals surface area contributed by atoms with Crippen molar-refractivity contribution in [2.24, 2.45) is 0 Å². The fourth-order valence-corrected chi connectivity index (χ4v) is 4.39. The van der Waals surface area contributed by atoms with Crippen molar-refractivity contribution in [1.82, 2.24) is 0 Å². The Morgan fingerprint density at radius 2 is 0.821 bits per heavy atom. The van der Waals surface area contributed by atoms with Crippen LogP contribution in [0.15, 0.2) is 0 Å². The van der Waals surface area contributed by atoms with Gasteiger partial charge in [0.1, 0.15) is 0 Å². The summed E-state index contributed by atoms with van der Waals surface area (Å²) in [5.74, 6) is 0. The van der Waals surface area contributed by atoms with Crippen LogP contribution in [0, 0.1) is 0 Å². The third-order valence-electron chi connectivity index (χ3n) is 5.75. The molecule has 0 aliphatic heterocycles. The van der Waals surface area contributed by atoms with Crippen molar-refractivity contribution in [3.63, 3.8) is 0 Å². The van der Waals surface area contributed by atoms with E-state index in [1.165, 1.54) is 103 Å². The smallest absolute Gasteiger partial charge is 0.327 e. The van der Waals surface area contributed by atoms with Crippen molar-refractivity contribution in [3.05, 3.63) is 0 Å². The quantitative estimate of drug-likeness (QED) is 0.129. The van der Waals surface area contributed by atoms with E-state index in [-0.39, 0.29) is 6.10 Å². The zero-order chi connectivity index (χ0) is 20.7. The Morgan fingerprint density at radius 3 is 1.18 bits per heavy atom. The molecule has 1 unspecified atom stereocenters. The first-order valence-electron chi connectivity index (χ1n) is 12.5. The van der Waals surface area contributed by atoms with Crippen LogP contribution in [0.25, 0.3) is 0 Å². The van der Waals surface area contributed by atoms with Crippen molar-refractivity contribution in [3.8, 4) is 0 Å². The van der Waals surface area contributed by atoms with Gasteiger partial charge in [-0.25, -0.2) is 0 Å². The van der Waals surface area contributed by atoms with Crippen LogP contribution < -0.4 is 0 Å². The van der Waals surface area contributed by atoms with Gasteiger partial charge in [0.25, 0.3) is 0 Å². The van der Waals surface area contributed by atoms with Gasteiger partial charge in [-0.15, -0.1) is 0 Å². The molecule has 28 heavy (non-hydrogen) atoms. The summed E-state index contributed by atoms with van der Waals surface area (Å²) in [6, 6.07) is 0. The number of rotatable bonds is 23. The van der Waals surface area contributed by atoms with E-state index in [1.807, 2.05) is 0 Å². The van der Waals surface area contributed by atoms with E-state index in [0.717, 1.165) is 32.1 Å². The number of hydrogen-bond acceptors (Lipinski definition) is 3. The van der Waals surface area contributed by atoms with Crippen molar-refractivity contribution in [1.29, 1.82) is 0 Å². The lowest BCUT2D eigenvalue weighted by molar-refractivity contribution is 0.148. The van der Waals surface area contributed by atoms with Crippen LogP contribution in [0.5, 0.6) is 0 Å². The summed E-state index contributed by atoms with van der Waals surface area (Å²) in [6.45, 7) is 4.45. The molecule has 0 aromatic rings. The molecule has 0 rings (SSSR count). The van der Waals surface area contributed by atoms with Crippen molar-refractivity contribution in [2.75, 3.05) is 0 Å². The molecule has 0 saturated heterocycles. The zero-order valence-corrected chi connectivity index (χ0v) is 20.1. The van der Waals surface area contributed by atoms with E-state index >= 15 is 0 Å². The van der Waals surface area contributed by atoms with Gasteiger partial charge in [-0.1, -0.05) is 136 Å². The van der Waals surface area contributed by atoms with Crippen molar-refractivity contribution in [2.45, 2.75) is 155 Å². The van der Waals surface area contributed by atoms with Crippen LogP contribution >= 0.6 is 8.60 Å². The second-order valence-electron chi connectivity index (χ2n) is 8.57. The summed E-state index contributed by atoms with van der Waals surface area (Å²) in [7, 11) is -2.20. The summed E-state index contributed by atoms with van der Waals surface area (Å²) in [6.07, 6.45) is 27.8. The first-order valence-corrected chi connectivity index (χ1v) is 13.7. The maximum Gasteiger partial charge on any atom is 0.327 e. The Kier molecular flexibility index (Phi) is 23.8. The predicted molar refractivity (Wildman–Crippen MR) is 125 cm³/mol. The fraction of sp³-hybridized carbons (Fsp3) is 1.00. The molecule has 0 spiro atoms. The van der Waals surface area contributed by atoms with E-state index in [9.17, 15) is 0 Å². The highest BCUT2D eigenvalue weighted by molar-refractivity contribution is 7.39. The highest BCUT2D eigenvalue weighted by atomic mass is 31.2. The molecule has 170 valence electrons. The van der Waals surface area contributed by atoms with Gasteiger partial charge in [0, 0.05) is 0 Å². The fourth-order valence-electron chi connectivity index (χ4n) is 3.91. The molecule has 0 bridgehead atoms. The van der Waals surface area contributed by atoms with E-state index < -0.39 is 8.60 Å². The third kappa shape index (κ3) is 22.6. The molecule has 1 atom stereocenters. The topological polar surface area (TPSA) is 49.7 Å². The maximum absolute atomic E-state index is 9.06. The lowest BCUT2D eigenvalue weighted by atomic mass is 10.0. The Balaban J connectivity index is 3.26. The first-order chi connectivity index (χ1) is 13.7. The van der Waals surface area contributed by atoms with Gasteiger partial charge in [0.05, 0.1) is 6.10 Å². The highest BCUT2D eigenvalue weighted by Gasteiger charge is 2.13. The Morgan fingerprint density at radius 1 is 0.500 bits per heavy atom.